The van der Waals surface area contributed by atoms with Gasteiger partial charge in [0.1, 0.15) is 57.3 Å². The molecule has 0 spiro atoms. The molecule has 5 aliphatic rings. The number of halogens is 1. The number of aliphatic hydroxyl groups excluding tert-OH is 1. The van der Waals surface area contributed by atoms with Crippen LogP contribution in [-0.4, -0.2) is 113 Å². The molecule has 0 aromatic heterocycles. The minimum Gasteiger partial charge on any atom is -0.488 e. The van der Waals surface area contributed by atoms with E-state index in [1.165, 1.54) is 10.5 Å². The summed E-state index contributed by atoms with van der Waals surface area (Å²) in [5, 5.41) is 19.9. The minimum absolute atomic E-state index is 0. The van der Waals surface area contributed by atoms with Gasteiger partial charge in [0.25, 0.3) is 0 Å². The molecule has 2 bridgehead atoms. The Labute approximate surface area is 262 Å². The number of carboxylic acids is 1. The molecule has 4 fully saturated rings. The van der Waals surface area contributed by atoms with E-state index in [0.29, 0.717) is 17.9 Å². The number of carboxylic acid groups (broad SMARTS) is 1. The molecule has 6 rings (SSSR count). The summed E-state index contributed by atoms with van der Waals surface area (Å²) in [5.41, 5.74) is 1.80. The van der Waals surface area contributed by atoms with Gasteiger partial charge in [0.2, 0.25) is 5.91 Å². The van der Waals surface area contributed by atoms with Gasteiger partial charge in [-0.15, -0.1) is 0 Å². The molecule has 0 saturated carbocycles. The number of piperazine rings is 3. The van der Waals surface area contributed by atoms with E-state index < -0.39 is 18.0 Å². The van der Waals surface area contributed by atoms with Gasteiger partial charge in [-0.05, 0) is 53.6 Å². The third-order valence-electron chi connectivity index (χ3n) is 9.74. The predicted octanol–water partition coefficient (Wildman–Crippen LogP) is 2.15. The number of aryl methyl sites for hydroxylation is 1. The van der Waals surface area contributed by atoms with Crippen molar-refractivity contribution in [2.24, 2.45) is 17.7 Å². The van der Waals surface area contributed by atoms with Crippen LogP contribution in [0.2, 0.25) is 0 Å². The lowest BCUT2D eigenvalue weighted by molar-refractivity contribution is -1.08. The summed E-state index contributed by atoms with van der Waals surface area (Å²) in [4.78, 5) is 42.1. The van der Waals surface area contributed by atoms with Crippen molar-refractivity contribution >= 4 is 40.4 Å². The van der Waals surface area contributed by atoms with Crippen LogP contribution in [0.4, 0.5) is 0 Å². The lowest BCUT2D eigenvalue weighted by Crippen LogP contribution is -2.75. The Morgan fingerprint density at radius 2 is 1.76 bits per heavy atom. The second kappa shape index (κ2) is 13.2. The maximum atomic E-state index is 12.6. The number of amides is 1. The highest BCUT2D eigenvalue weighted by Gasteiger charge is 2.60. The lowest BCUT2D eigenvalue weighted by atomic mass is 9.78. The van der Waals surface area contributed by atoms with Crippen molar-refractivity contribution in [3.63, 3.8) is 0 Å². The van der Waals surface area contributed by atoms with Gasteiger partial charge in [0.05, 0.1) is 28.2 Å². The van der Waals surface area contributed by atoms with Gasteiger partial charge in [0, 0.05) is 17.9 Å². The summed E-state index contributed by atoms with van der Waals surface area (Å²) in [7, 11) is 0. The van der Waals surface area contributed by atoms with Crippen LogP contribution in [0.15, 0.2) is 29.5 Å². The van der Waals surface area contributed by atoms with Crippen molar-refractivity contribution in [3.05, 3.63) is 38.6 Å². The fourth-order valence-corrected chi connectivity index (χ4v) is 7.99. The molecule has 0 radical (unpaired) electrons. The molecule has 1 aromatic rings. The quantitative estimate of drug-likeness (QED) is 0.138. The van der Waals surface area contributed by atoms with Crippen LogP contribution in [0, 0.1) is 15.4 Å². The molecule has 4 N–H and O–H groups in total. The number of nitrogens with zero attached hydrogens (tertiary/aromatic N) is 3. The Balaban J connectivity index is 0.00000242. The SMILES string of the molecule is C.C.CC(O)C1C(=O)N2C(C(=O)O)=C(COc3ccc(CCC[N+]45CC[N+](CC(=O)ON)(CC4)CC5)cc3I)[C@H](C)C12. The number of rotatable bonds is 11. The summed E-state index contributed by atoms with van der Waals surface area (Å²) >= 11 is 2.25. The predicted molar refractivity (Wildman–Crippen MR) is 166 cm³/mol. The number of β-lactam (4-membered cyclic amide) rings is 1. The first-order valence-electron chi connectivity index (χ1n) is 14.0. The number of carbonyl (C=O) groups is 3. The van der Waals surface area contributed by atoms with Crippen LogP contribution in [0.25, 0.3) is 0 Å². The molecule has 5 aliphatic heterocycles. The molecular formula is C30H47IN4O7+2. The fourth-order valence-electron chi connectivity index (χ4n) is 7.25. The van der Waals surface area contributed by atoms with Gasteiger partial charge in [-0.1, -0.05) is 27.8 Å². The number of quaternary nitrogens is 2. The maximum absolute atomic E-state index is 12.6. The number of aliphatic hydroxyl groups is 1. The molecule has 3 unspecified atom stereocenters. The summed E-state index contributed by atoms with van der Waals surface area (Å²) in [6, 6.07) is 5.78. The van der Waals surface area contributed by atoms with E-state index in [0.717, 1.165) is 71.2 Å². The minimum atomic E-state index is -1.15. The van der Waals surface area contributed by atoms with Crippen molar-refractivity contribution in [3.8, 4) is 5.75 Å². The molecule has 234 valence electrons. The number of aliphatic carboxylic acids is 1. The first-order chi connectivity index (χ1) is 19.0. The Hall–Kier alpha value is -2.26. The zero-order chi connectivity index (χ0) is 28.8. The second-order valence-electron chi connectivity index (χ2n) is 12.0. The Kier molecular flexibility index (Phi) is 10.7. The second-order valence-corrected chi connectivity index (χ2v) is 13.1. The molecular weight excluding hydrogens is 655 g/mol. The van der Waals surface area contributed by atoms with Crippen LogP contribution in [-0.2, 0) is 25.6 Å². The van der Waals surface area contributed by atoms with Gasteiger partial charge in [-0.3, -0.25) is 4.79 Å². The zero-order valence-corrected chi connectivity index (χ0v) is 25.2. The Bertz CT molecular complexity index is 1210. The number of benzene rings is 1. The van der Waals surface area contributed by atoms with Crippen molar-refractivity contribution in [1.29, 1.82) is 0 Å². The topological polar surface area (TPSA) is 139 Å². The highest BCUT2D eigenvalue weighted by Crippen LogP contribution is 2.47. The molecule has 1 amide bonds. The van der Waals surface area contributed by atoms with Crippen LogP contribution in [0.5, 0.6) is 5.75 Å². The van der Waals surface area contributed by atoms with Gasteiger partial charge < -0.3 is 33.7 Å². The van der Waals surface area contributed by atoms with Crippen LogP contribution >= 0.6 is 22.6 Å². The standard InChI is InChI=1S/C28H38IN4O7.2CH4/c1-17-20(26(28(37)38)31-25(17)24(18(2)34)27(31)36)16-39-22-6-5-19(14-21(22)29)4-3-7-32-8-11-33(12-9-32,13-10-32)15-23(35)40-30;;/h5-6,14,17-18,24-25,34H,3-4,7-13,15-16,30H2,1-2H3;2*1H4/q+1;;/p+1/t17-,18?,24?,25?,32?,33?;;/m0../s1. The van der Waals surface area contributed by atoms with Crippen molar-refractivity contribution in [2.45, 2.75) is 53.7 Å². The third kappa shape index (κ3) is 6.19. The molecule has 4 saturated heterocycles. The summed E-state index contributed by atoms with van der Waals surface area (Å²) < 4.78 is 8.96. The highest BCUT2D eigenvalue weighted by atomic mass is 127. The van der Waals surface area contributed by atoms with E-state index in [4.69, 9.17) is 10.6 Å². The molecule has 42 heavy (non-hydrogen) atoms. The van der Waals surface area contributed by atoms with E-state index in [2.05, 4.69) is 39.6 Å². The summed E-state index contributed by atoms with van der Waals surface area (Å²) in [6.45, 7) is 11.2. The maximum Gasteiger partial charge on any atom is 0.380 e. The fraction of sp³-hybridized carbons (Fsp3) is 0.633. The van der Waals surface area contributed by atoms with E-state index in [9.17, 15) is 24.6 Å². The van der Waals surface area contributed by atoms with Gasteiger partial charge >= 0.3 is 11.9 Å². The van der Waals surface area contributed by atoms with Crippen LogP contribution < -0.4 is 10.6 Å². The molecule has 12 heteroatoms. The first-order valence-corrected chi connectivity index (χ1v) is 15.1. The van der Waals surface area contributed by atoms with Gasteiger partial charge in [-0.25, -0.2) is 9.59 Å². The first kappa shape index (κ1) is 34.2. The zero-order valence-electron chi connectivity index (χ0n) is 23.1. The smallest absolute Gasteiger partial charge is 0.380 e. The van der Waals surface area contributed by atoms with Crippen molar-refractivity contribution in [1.82, 2.24) is 4.90 Å². The Morgan fingerprint density at radius 1 is 1.14 bits per heavy atom. The summed E-state index contributed by atoms with van der Waals surface area (Å²) in [6.07, 6.45) is 1.20. The number of hydrogen-bond acceptors (Lipinski definition) is 7. The molecule has 4 atom stereocenters. The lowest BCUT2D eigenvalue weighted by Gasteiger charge is -2.55. The highest BCUT2D eigenvalue weighted by molar-refractivity contribution is 14.1. The normalized spacial score (nSPS) is 30.1. The van der Waals surface area contributed by atoms with Crippen molar-refractivity contribution in [2.75, 3.05) is 59.0 Å². The number of hydrogen-bond donors (Lipinski definition) is 3. The monoisotopic (exact) mass is 702 g/mol. The molecule has 0 aliphatic carbocycles. The van der Waals surface area contributed by atoms with Crippen LogP contribution in [0.1, 0.15) is 40.7 Å². The number of ether oxygens (including phenoxy) is 1. The number of fused-ring (bicyclic) bond motifs is 4. The van der Waals surface area contributed by atoms with E-state index in [1.807, 2.05) is 13.0 Å². The van der Waals surface area contributed by atoms with Crippen molar-refractivity contribution < 1.29 is 43.1 Å². The molecule has 1 aromatic carbocycles. The van der Waals surface area contributed by atoms with E-state index in [-0.39, 0.29) is 51.0 Å². The average molecular weight is 703 g/mol. The van der Waals surface area contributed by atoms with Gasteiger partial charge in [0.15, 0.2) is 6.54 Å². The summed E-state index contributed by atoms with van der Waals surface area (Å²) in [5.74, 6) is 3.13. The molecule has 5 heterocycles. The largest absolute Gasteiger partial charge is 0.488 e. The molecule has 11 nitrogen and oxygen atoms in total. The van der Waals surface area contributed by atoms with E-state index in [1.54, 1.807) is 6.92 Å². The van der Waals surface area contributed by atoms with E-state index >= 15 is 0 Å². The van der Waals surface area contributed by atoms with Crippen LogP contribution in [0.3, 0.4) is 0 Å². The number of nitrogens with two attached hydrogens (primary N) is 1. The number of carbonyl (C=O) groups excluding carboxylic acids is 2. The Morgan fingerprint density at radius 3 is 2.31 bits per heavy atom. The van der Waals surface area contributed by atoms with Gasteiger partial charge in [-0.2, -0.15) is 5.90 Å². The average Bonchev–Trinajstić information content (AvgIpc) is 3.17. The third-order valence-corrected chi connectivity index (χ3v) is 10.6.